The molecule has 1 aromatic rings. The second-order valence-electron chi connectivity index (χ2n) is 4.55. The molecule has 12 heteroatoms. The first-order valence-electron chi connectivity index (χ1n) is 5.99. The molecular weight excluding hydrogens is 339 g/mol. The number of carboxylic acids is 1. The Morgan fingerprint density at radius 2 is 2.32 bits per heavy atom. The van der Waals surface area contributed by atoms with Crippen LogP contribution in [-0.4, -0.2) is 59.9 Å². The Kier molecular flexibility index (Phi) is 5.56. The van der Waals surface area contributed by atoms with Crippen molar-refractivity contribution in [2.24, 2.45) is 12.8 Å². The molecule has 1 aromatic heterocycles. The number of carbonyl (C=O) groups is 2. The van der Waals surface area contributed by atoms with Gasteiger partial charge in [0.15, 0.2) is 0 Å². The summed E-state index contributed by atoms with van der Waals surface area (Å²) >= 11 is 2.76. The summed E-state index contributed by atoms with van der Waals surface area (Å²) in [5.41, 5.74) is 6.23. The number of fused-ring (bicyclic) bond motifs is 1. The van der Waals surface area contributed by atoms with Crippen LogP contribution < -0.4 is 40.4 Å². The van der Waals surface area contributed by atoms with Gasteiger partial charge in [-0.25, -0.2) is 4.68 Å². The molecule has 112 valence electrons. The number of aryl methyl sites for hydroxylation is 1. The number of carboxylic acid groups (broad SMARTS) is 1. The molecule has 0 bridgehead atoms. The number of β-lactam (4-membered cyclic amide) rings is 1. The molecule has 0 spiro atoms. The molecule has 1 saturated heterocycles. The van der Waals surface area contributed by atoms with E-state index in [9.17, 15) is 14.7 Å². The van der Waals surface area contributed by atoms with Crippen molar-refractivity contribution in [2.75, 3.05) is 11.5 Å². The summed E-state index contributed by atoms with van der Waals surface area (Å²) in [6.07, 6.45) is 0. The average Bonchev–Trinajstić information content (AvgIpc) is 2.88. The molecule has 1 fully saturated rings. The van der Waals surface area contributed by atoms with Gasteiger partial charge in [-0.2, -0.15) is 0 Å². The Morgan fingerprint density at radius 1 is 1.59 bits per heavy atom. The number of hydrogen-bond acceptors (Lipinski definition) is 9. The SMILES string of the molecule is Cn1nnnc1SCC1=C(C(=O)[O-])N2C(=O)C(N)[C@H]2SC1.[Na+]. The molecule has 2 aliphatic rings. The van der Waals surface area contributed by atoms with Gasteiger partial charge in [-0.15, -0.1) is 16.9 Å². The number of amides is 1. The Labute approximate surface area is 156 Å². The fourth-order valence-corrected chi connectivity index (χ4v) is 4.46. The first-order valence-corrected chi connectivity index (χ1v) is 8.03. The molecule has 2 aliphatic heterocycles. The Bertz CT molecular complexity index is 650. The molecule has 0 radical (unpaired) electrons. The van der Waals surface area contributed by atoms with Crippen LogP contribution in [0.15, 0.2) is 16.4 Å². The molecule has 0 aromatic carbocycles. The quantitative estimate of drug-likeness (QED) is 0.321. The van der Waals surface area contributed by atoms with Crippen LogP contribution in [-0.2, 0) is 16.6 Å². The molecule has 9 nitrogen and oxygen atoms in total. The molecule has 3 heterocycles. The van der Waals surface area contributed by atoms with Gasteiger partial charge in [-0.3, -0.25) is 9.69 Å². The fourth-order valence-electron chi connectivity index (χ4n) is 2.17. The van der Waals surface area contributed by atoms with Crippen molar-refractivity contribution in [3.63, 3.8) is 0 Å². The zero-order chi connectivity index (χ0) is 15.1. The molecule has 2 N–H and O–H groups in total. The van der Waals surface area contributed by atoms with E-state index in [0.717, 1.165) is 0 Å². The molecule has 22 heavy (non-hydrogen) atoms. The van der Waals surface area contributed by atoms with Crippen LogP contribution in [0.25, 0.3) is 0 Å². The number of aliphatic carboxylic acids is 1. The summed E-state index contributed by atoms with van der Waals surface area (Å²) < 4.78 is 1.49. The van der Waals surface area contributed by atoms with Crippen molar-refractivity contribution in [2.45, 2.75) is 16.6 Å². The van der Waals surface area contributed by atoms with E-state index in [0.29, 0.717) is 22.2 Å². The Hall–Kier alpha value is -0.590. The normalized spacial score (nSPS) is 23.7. The number of nitrogens with two attached hydrogens (primary N) is 1. The van der Waals surface area contributed by atoms with Gasteiger partial charge in [0.05, 0.1) is 11.7 Å². The van der Waals surface area contributed by atoms with E-state index in [1.807, 2.05) is 0 Å². The number of aromatic nitrogens is 4. The van der Waals surface area contributed by atoms with Crippen LogP contribution in [0.4, 0.5) is 0 Å². The van der Waals surface area contributed by atoms with Gasteiger partial charge in [0, 0.05) is 18.6 Å². The minimum atomic E-state index is -1.35. The van der Waals surface area contributed by atoms with E-state index in [2.05, 4.69) is 15.5 Å². The van der Waals surface area contributed by atoms with Crippen LogP contribution in [0.5, 0.6) is 0 Å². The van der Waals surface area contributed by atoms with Crippen molar-refractivity contribution in [3.8, 4) is 0 Å². The second kappa shape index (κ2) is 6.89. The number of carbonyl (C=O) groups excluding carboxylic acids is 2. The fraction of sp³-hybridized carbons (Fsp3) is 0.500. The number of thioether (sulfide) groups is 2. The zero-order valence-corrected chi connectivity index (χ0v) is 15.6. The molecule has 3 rings (SSSR count). The first kappa shape index (κ1) is 17.8. The van der Waals surface area contributed by atoms with Gasteiger partial charge < -0.3 is 15.6 Å². The van der Waals surface area contributed by atoms with Crippen LogP contribution in [0.3, 0.4) is 0 Å². The summed E-state index contributed by atoms with van der Waals surface area (Å²) in [6, 6.07) is -0.638. The van der Waals surface area contributed by atoms with Gasteiger partial charge in [-0.1, -0.05) is 11.8 Å². The summed E-state index contributed by atoms with van der Waals surface area (Å²) in [4.78, 5) is 24.4. The maximum absolute atomic E-state index is 11.8. The van der Waals surface area contributed by atoms with Crippen molar-refractivity contribution < 1.29 is 44.3 Å². The van der Waals surface area contributed by atoms with E-state index in [-0.39, 0.29) is 46.5 Å². The maximum Gasteiger partial charge on any atom is 1.00 e. The molecule has 2 atom stereocenters. The topological polar surface area (TPSA) is 130 Å². The Morgan fingerprint density at radius 3 is 2.91 bits per heavy atom. The van der Waals surface area contributed by atoms with E-state index in [1.165, 1.54) is 33.1 Å². The third-order valence-electron chi connectivity index (χ3n) is 3.24. The average molecular weight is 350 g/mol. The number of hydrogen-bond donors (Lipinski definition) is 1. The van der Waals surface area contributed by atoms with Gasteiger partial charge in [0.25, 0.3) is 0 Å². The first-order chi connectivity index (χ1) is 10.0. The van der Waals surface area contributed by atoms with Gasteiger partial charge >= 0.3 is 29.6 Å². The van der Waals surface area contributed by atoms with Crippen LogP contribution in [0, 0.1) is 0 Å². The van der Waals surface area contributed by atoms with Crippen molar-refractivity contribution in [1.82, 2.24) is 25.1 Å². The smallest absolute Gasteiger partial charge is 0.543 e. The van der Waals surface area contributed by atoms with Crippen LogP contribution in [0.2, 0.25) is 0 Å². The second-order valence-corrected chi connectivity index (χ2v) is 6.60. The van der Waals surface area contributed by atoms with Gasteiger partial charge in [0.1, 0.15) is 11.4 Å². The zero-order valence-electron chi connectivity index (χ0n) is 11.9. The summed E-state index contributed by atoms with van der Waals surface area (Å²) in [6.45, 7) is 0. The third kappa shape index (κ3) is 2.93. The Balaban J connectivity index is 0.00000176. The van der Waals surface area contributed by atoms with E-state index < -0.39 is 12.0 Å². The summed E-state index contributed by atoms with van der Waals surface area (Å²) in [5, 5.41) is 22.7. The third-order valence-corrected chi connectivity index (χ3v) is 5.70. The molecule has 1 amide bonds. The summed E-state index contributed by atoms with van der Waals surface area (Å²) in [7, 11) is 1.69. The van der Waals surface area contributed by atoms with Crippen LogP contribution >= 0.6 is 23.5 Å². The molecular formula is C10H11N6NaO3S2. The number of rotatable bonds is 4. The van der Waals surface area contributed by atoms with Crippen molar-refractivity contribution >= 4 is 35.4 Å². The molecule has 0 saturated carbocycles. The van der Waals surface area contributed by atoms with Gasteiger partial charge in [0.2, 0.25) is 11.1 Å². The largest absolute Gasteiger partial charge is 1.00 e. The van der Waals surface area contributed by atoms with E-state index in [1.54, 1.807) is 7.05 Å². The van der Waals surface area contributed by atoms with E-state index >= 15 is 0 Å². The minimum absolute atomic E-state index is 0. The van der Waals surface area contributed by atoms with E-state index in [4.69, 9.17) is 5.73 Å². The number of nitrogens with zero attached hydrogens (tertiary/aromatic N) is 5. The summed E-state index contributed by atoms with van der Waals surface area (Å²) in [5.74, 6) is -0.874. The maximum atomic E-state index is 11.8. The number of tetrazole rings is 1. The predicted molar refractivity (Wildman–Crippen MR) is 72.6 cm³/mol. The molecule has 1 unspecified atom stereocenters. The van der Waals surface area contributed by atoms with Gasteiger partial charge in [-0.05, 0) is 16.0 Å². The predicted octanol–water partition coefficient (Wildman–Crippen LogP) is -5.45. The molecule has 0 aliphatic carbocycles. The monoisotopic (exact) mass is 350 g/mol. The van der Waals surface area contributed by atoms with Crippen molar-refractivity contribution in [3.05, 3.63) is 11.3 Å². The van der Waals surface area contributed by atoms with Crippen molar-refractivity contribution in [1.29, 1.82) is 0 Å². The van der Waals surface area contributed by atoms with Crippen LogP contribution in [0.1, 0.15) is 0 Å². The standard InChI is InChI=1S/C10H12N6O3S2.Na/c1-15-10(12-13-14-15)21-3-4-2-20-8-5(11)7(17)16(8)6(4)9(18)19;/h5,8H,2-3,11H2,1H3,(H,18,19);/q;+1/p-1/t5?,8-;/m1./s1. The minimum Gasteiger partial charge on any atom is -0.543 e.